The summed E-state index contributed by atoms with van der Waals surface area (Å²) in [6, 6.07) is 29.3. The first kappa shape index (κ1) is 21.2. The van der Waals surface area contributed by atoms with Crippen molar-refractivity contribution in [3.8, 4) is 22.6 Å². The normalized spacial score (nSPS) is 16.7. The van der Waals surface area contributed by atoms with Gasteiger partial charge < -0.3 is 9.84 Å². The van der Waals surface area contributed by atoms with Crippen LogP contribution >= 0.6 is 15.9 Å². The van der Waals surface area contributed by atoms with Crippen LogP contribution in [0.2, 0.25) is 0 Å². The Bertz CT molecular complexity index is 1390. The minimum Gasteiger partial charge on any atom is -0.507 e. The molecule has 2 aliphatic rings. The first-order valence-corrected chi connectivity index (χ1v) is 12.7. The first-order chi connectivity index (χ1) is 16.7. The Morgan fingerprint density at radius 1 is 0.735 bits per heavy atom. The number of aryl methyl sites for hydroxylation is 1. The highest BCUT2D eigenvalue weighted by Gasteiger charge is 2.28. The topological polar surface area (TPSA) is 29.5 Å². The van der Waals surface area contributed by atoms with E-state index < -0.39 is 0 Å². The van der Waals surface area contributed by atoms with Gasteiger partial charge in [0.2, 0.25) is 0 Å². The smallest absolute Gasteiger partial charge is 0.131 e. The summed E-state index contributed by atoms with van der Waals surface area (Å²) in [4.78, 5) is 0. The lowest BCUT2D eigenvalue weighted by Crippen LogP contribution is -2.12. The van der Waals surface area contributed by atoms with Crippen LogP contribution in [-0.4, -0.2) is 5.11 Å². The van der Waals surface area contributed by atoms with E-state index in [9.17, 15) is 5.11 Å². The van der Waals surface area contributed by atoms with E-state index in [-0.39, 0.29) is 5.92 Å². The van der Waals surface area contributed by atoms with Crippen LogP contribution in [0.5, 0.6) is 11.5 Å². The van der Waals surface area contributed by atoms with Crippen LogP contribution in [0.1, 0.15) is 46.6 Å². The van der Waals surface area contributed by atoms with Gasteiger partial charge in [0.15, 0.2) is 0 Å². The van der Waals surface area contributed by atoms with Crippen molar-refractivity contribution in [1.29, 1.82) is 0 Å². The molecule has 0 bridgehead atoms. The Morgan fingerprint density at radius 3 is 2.29 bits per heavy atom. The minimum absolute atomic E-state index is 0.0859. The van der Waals surface area contributed by atoms with Crippen LogP contribution in [-0.2, 0) is 12.8 Å². The Balaban J connectivity index is 1.43. The van der Waals surface area contributed by atoms with Crippen molar-refractivity contribution in [2.24, 2.45) is 0 Å². The van der Waals surface area contributed by atoms with E-state index in [1.807, 2.05) is 18.2 Å². The van der Waals surface area contributed by atoms with Crippen molar-refractivity contribution in [2.45, 2.75) is 31.6 Å². The molecule has 1 heterocycles. The number of hydrogen-bond acceptors (Lipinski definition) is 2. The van der Waals surface area contributed by atoms with Gasteiger partial charge in [0.05, 0.1) is 0 Å². The third-order valence-corrected chi connectivity index (χ3v) is 7.48. The largest absolute Gasteiger partial charge is 0.507 e. The summed E-state index contributed by atoms with van der Waals surface area (Å²) >= 11 is 3.62. The Kier molecular flexibility index (Phi) is 5.50. The fourth-order valence-corrected chi connectivity index (χ4v) is 5.58. The number of fused-ring (bicyclic) bond motifs is 2. The summed E-state index contributed by atoms with van der Waals surface area (Å²) in [5.41, 5.74) is 7.81. The van der Waals surface area contributed by atoms with E-state index in [0.29, 0.717) is 5.75 Å². The molecular weight excluding hydrogens is 484 g/mol. The van der Waals surface area contributed by atoms with Gasteiger partial charge in [0, 0.05) is 27.1 Å². The summed E-state index contributed by atoms with van der Waals surface area (Å²) in [6.45, 7) is 0. The maximum atomic E-state index is 11.3. The lowest BCUT2D eigenvalue weighted by atomic mass is 9.82. The standard InChI is InChI=1S/C31H25BrO2/c32-24-15-17-29-28(18-24)27(26-16-14-22-8-4-5-9-25(22)31(26)33)19-30(34-29)23-12-10-21(11-13-23)20-6-2-1-3-7-20/h1-3,6-7,10-19,27,33H,4-5,8-9H2. The molecule has 1 unspecified atom stereocenters. The first-order valence-electron chi connectivity index (χ1n) is 11.9. The molecule has 0 spiro atoms. The summed E-state index contributed by atoms with van der Waals surface area (Å²) in [7, 11) is 0. The van der Waals surface area contributed by atoms with Crippen molar-refractivity contribution in [3.63, 3.8) is 0 Å². The van der Waals surface area contributed by atoms with Gasteiger partial charge in [0.25, 0.3) is 0 Å². The number of halogens is 1. The molecule has 168 valence electrons. The van der Waals surface area contributed by atoms with Gasteiger partial charge in [-0.05, 0) is 72.2 Å². The second kappa shape index (κ2) is 8.81. The van der Waals surface area contributed by atoms with Gasteiger partial charge in [-0.25, -0.2) is 0 Å². The minimum atomic E-state index is -0.0859. The molecule has 1 aliphatic carbocycles. The van der Waals surface area contributed by atoms with Gasteiger partial charge in [-0.2, -0.15) is 0 Å². The molecule has 1 atom stereocenters. The third kappa shape index (κ3) is 3.84. The van der Waals surface area contributed by atoms with E-state index in [0.717, 1.165) is 57.5 Å². The maximum absolute atomic E-state index is 11.3. The Hall–Kier alpha value is -3.30. The average Bonchev–Trinajstić information content (AvgIpc) is 2.89. The fraction of sp³-hybridized carbons (Fsp3) is 0.161. The van der Waals surface area contributed by atoms with E-state index in [1.54, 1.807) is 0 Å². The molecule has 0 fully saturated rings. The zero-order valence-corrected chi connectivity index (χ0v) is 20.4. The van der Waals surface area contributed by atoms with E-state index >= 15 is 0 Å². The molecule has 0 saturated carbocycles. The number of hydrogen-bond donors (Lipinski definition) is 1. The van der Waals surface area contributed by atoms with Crippen molar-refractivity contribution >= 4 is 21.7 Å². The molecule has 1 aliphatic heterocycles. The highest BCUT2D eigenvalue weighted by atomic mass is 79.9. The SMILES string of the molecule is Oc1c(C2C=C(c3ccc(-c4ccccc4)cc3)Oc3ccc(Br)cc32)ccc2c1CCCC2. The summed E-state index contributed by atoms with van der Waals surface area (Å²) < 4.78 is 7.38. The number of rotatable bonds is 3. The predicted molar refractivity (Wildman–Crippen MR) is 141 cm³/mol. The van der Waals surface area contributed by atoms with Crippen molar-refractivity contribution in [1.82, 2.24) is 0 Å². The second-order valence-corrected chi connectivity index (χ2v) is 10.0. The van der Waals surface area contributed by atoms with E-state index in [4.69, 9.17) is 4.74 Å². The number of benzene rings is 4. The second-order valence-electron chi connectivity index (χ2n) is 9.08. The van der Waals surface area contributed by atoms with Crippen LogP contribution in [0.25, 0.3) is 16.9 Å². The van der Waals surface area contributed by atoms with Crippen molar-refractivity contribution in [2.75, 3.05) is 0 Å². The molecule has 4 aromatic carbocycles. The van der Waals surface area contributed by atoms with Gasteiger partial charge in [-0.3, -0.25) is 0 Å². The number of allylic oxidation sites excluding steroid dienone is 1. The lowest BCUT2D eigenvalue weighted by Gasteiger charge is -2.28. The van der Waals surface area contributed by atoms with Crippen molar-refractivity contribution < 1.29 is 9.84 Å². The summed E-state index contributed by atoms with van der Waals surface area (Å²) in [5.74, 6) is 2.01. The van der Waals surface area contributed by atoms with Gasteiger partial charge >= 0.3 is 0 Å². The third-order valence-electron chi connectivity index (χ3n) is 6.99. The molecule has 0 radical (unpaired) electrons. The Morgan fingerprint density at radius 2 is 1.47 bits per heavy atom. The molecule has 34 heavy (non-hydrogen) atoms. The summed E-state index contributed by atoms with van der Waals surface area (Å²) in [5, 5.41) is 11.3. The van der Waals surface area contributed by atoms with Gasteiger partial charge in [-0.1, -0.05) is 82.7 Å². The molecule has 1 N–H and O–H groups in total. The molecule has 6 rings (SSSR count). The number of phenolic OH excluding ortho intramolecular Hbond substituents is 1. The van der Waals surface area contributed by atoms with E-state index in [2.05, 4.69) is 88.7 Å². The number of phenols is 1. The highest BCUT2D eigenvalue weighted by molar-refractivity contribution is 9.10. The van der Waals surface area contributed by atoms with Gasteiger partial charge in [0.1, 0.15) is 17.3 Å². The van der Waals surface area contributed by atoms with Crippen molar-refractivity contribution in [3.05, 3.63) is 123 Å². The molecular formula is C31H25BrO2. The molecule has 4 aromatic rings. The van der Waals surface area contributed by atoms with Crippen LogP contribution in [0.4, 0.5) is 0 Å². The molecule has 3 heteroatoms. The highest BCUT2D eigenvalue weighted by Crippen LogP contribution is 2.46. The van der Waals surface area contributed by atoms with Crippen LogP contribution < -0.4 is 4.74 Å². The zero-order chi connectivity index (χ0) is 23.1. The number of aromatic hydroxyl groups is 1. The lowest BCUT2D eigenvalue weighted by molar-refractivity contribution is 0.450. The fourth-order valence-electron chi connectivity index (χ4n) is 5.20. The summed E-state index contributed by atoms with van der Waals surface area (Å²) in [6.07, 6.45) is 6.47. The predicted octanol–water partition coefficient (Wildman–Crippen LogP) is 8.27. The zero-order valence-electron chi connectivity index (χ0n) is 18.8. The maximum Gasteiger partial charge on any atom is 0.131 e. The Labute approximate surface area is 208 Å². The molecule has 0 amide bonds. The molecule has 0 saturated heterocycles. The van der Waals surface area contributed by atoms with Crippen LogP contribution in [0.3, 0.4) is 0 Å². The molecule has 0 aromatic heterocycles. The van der Waals surface area contributed by atoms with Gasteiger partial charge in [-0.15, -0.1) is 0 Å². The van der Waals surface area contributed by atoms with Crippen LogP contribution in [0, 0.1) is 0 Å². The van der Waals surface area contributed by atoms with Crippen LogP contribution in [0.15, 0.2) is 95.5 Å². The molecule has 2 nitrogen and oxygen atoms in total. The number of ether oxygens (including phenoxy) is 1. The monoisotopic (exact) mass is 508 g/mol. The van der Waals surface area contributed by atoms with E-state index in [1.165, 1.54) is 23.1 Å². The average molecular weight is 509 g/mol. The quantitative estimate of drug-likeness (QED) is 0.301.